The lowest BCUT2D eigenvalue weighted by Crippen LogP contribution is -2.24. The van der Waals surface area contributed by atoms with Crippen molar-refractivity contribution >= 4 is 27.3 Å². The second-order valence-electron chi connectivity index (χ2n) is 7.61. The summed E-state index contributed by atoms with van der Waals surface area (Å²) in [6.45, 7) is -0.342. The van der Waals surface area contributed by atoms with Gasteiger partial charge in [-0.25, -0.2) is 13.1 Å². The number of halogens is 4. The van der Waals surface area contributed by atoms with Gasteiger partial charge in [0, 0.05) is 6.20 Å². The van der Waals surface area contributed by atoms with Crippen molar-refractivity contribution < 1.29 is 21.6 Å². The number of benzene rings is 1. The van der Waals surface area contributed by atoms with Gasteiger partial charge in [0.2, 0.25) is 10.0 Å². The number of hydrogen-bond donors (Lipinski definition) is 1. The molecular weight excluding hydrogens is 453 g/mol. The smallest absolute Gasteiger partial charge is 0.283 e. The van der Waals surface area contributed by atoms with Gasteiger partial charge in [-0.1, -0.05) is 43.0 Å². The summed E-state index contributed by atoms with van der Waals surface area (Å²) in [6, 6.07) is 7.51. The van der Waals surface area contributed by atoms with Crippen LogP contribution in [0, 0.1) is 0 Å². The molecule has 2 aromatic heterocycles. The number of nitrogens with zero attached hydrogens (tertiary/aromatic N) is 3. The topological polar surface area (TPSA) is 76.4 Å². The molecule has 4 rings (SSSR count). The van der Waals surface area contributed by atoms with E-state index in [-0.39, 0.29) is 27.9 Å². The van der Waals surface area contributed by atoms with Crippen LogP contribution in [-0.4, -0.2) is 23.0 Å². The molecule has 0 amide bonds. The number of hydrogen-bond acceptors (Lipinski definition) is 4. The van der Waals surface area contributed by atoms with E-state index in [1.54, 1.807) is 12.1 Å². The van der Waals surface area contributed by atoms with Crippen LogP contribution in [0.2, 0.25) is 5.02 Å². The van der Waals surface area contributed by atoms with Gasteiger partial charge in [-0.15, -0.1) is 10.2 Å². The standard InChI is InChI=1S/C20H20ClF3N4O2S/c21-17-10-15(20(22,23)24)12-28-18(26-27-19(17)28)11-25-31(29,30)16-8-6-14(7-9-16)13-4-2-1-3-5-13/h6-10,12-13,25H,1-5,11H2. The van der Waals surface area contributed by atoms with E-state index in [0.717, 1.165) is 35.1 Å². The van der Waals surface area contributed by atoms with Gasteiger partial charge in [0.05, 0.1) is 22.0 Å². The van der Waals surface area contributed by atoms with Gasteiger partial charge >= 0.3 is 6.18 Å². The Bertz CT molecular complexity index is 1190. The summed E-state index contributed by atoms with van der Waals surface area (Å²) >= 11 is 5.88. The number of nitrogens with one attached hydrogen (secondary N) is 1. The summed E-state index contributed by atoms with van der Waals surface area (Å²) in [5, 5.41) is 7.32. The maximum Gasteiger partial charge on any atom is 0.417 e. The minimum absolute atomic E-state index is 0.00889. The first-order chi connectivity index (χ1) is 14.6. The molecule has 1 aliphatic carbocycles. The molecule has 6 nitrogen and oxygen atoms in total. The predicted molar refractivity (Wildman–Crippen MR) is 109 cm³/mol. The number of rotatable bonds is 5. The highest BCUT2D eigenvalue weighted by atomic mass is 35.5. The summed E-state index contributed by atoms with van der Waals surface area (Å²) in [4.78, 5) is 0.0786. The molecule has 166 valence electrons. The summed E-state index contributed by atoms with van der Waals surface area (Å²) in [7, 11) is -3.89. The van der Waals surface area contributed by atoms with Gasteiger partial charge in [0.15, 0.2) is 11.5 Å². The minimum Gasteiger partial charge on any atom is -0.283 e. The molecule has 1 fully saturated rings. The molecule has 0 atom stereocenters. The number of sulfonamides is 1. The van der Waals surface area contributed by atoms with Gasteiger partial charge in [0.1, 0.15) is 0 Å². The predicted octanol–water partition coefficient (Wildman–Crippen LogP) is 4.93. The highest BCUT2D eigenvalue weighted by molar-refractivity contribution is 7.89. The Morgan fingerprint density at radius 3 is 2.42 bits per heavy atom. The highest BCUT2D eigenvalue weighted by Crippen LogP contribution is 2.33. The fourth-order valence-electron chi connectivity index (χ4n) is 3.87. The van der Waals surface area contributed by atoms with E-state index in [4.69, 9.17) is 11.6 Å². The first-order valence-corrected chi connectivity index (χ1v) is 11.7. The lowest BCUT2D eigenvalue weighted by molar-refractivity contribution is -0.137. The van der Waals surface area contributed by atoms with Crippen LogP contribution in [0.3, 0.4) is 0 Å². The van der Waals surface area contributed by atoms with E-state index < -0.39 is 21.8 Å². The van der Waals surface area contributed by atoms with Crippen LogP contribution in [0.1, 0.15) is 55.0 Å². The maximum absolute atomic E-state index is 13.1. The van der Waals surface area contributed by atoms with Crippen LogP contribution in [0.15, 0.2) is 41.4 Å². The molecule has 31 heavy (non-hydrogen) atoms. The molecule has 3 aromatic rings. The zero-order valence-electron chi connectivity index (χ0n) is 16.4. The lowest BCUT2D eigenvalue weighted by Gasteiger charge is -2.22. The average Bonchev–Trinajstić information content (AvgIpc) is 3.16. The maximum atomic E-state index is 13.1. The molecule has 1 aliphatic rings. The molecule has 0 radical (unpaired) electrons. The van der Waals surface area contributed by atoms with Gasteiger partial charge in [-0.2, -0.15) is 13.2 Å². The number of pyridine rings is 1. The van der Waals surface area contributed by atoms with Crippen LogP contribution >= 0.6 is 11.6 Å². The van der Waals surface area contributed by atoms with Crippen molar-refractivity contribution in [2.75, 3.05) is 0 Å². The Morgan fingerprint density at radius 1 is 1.10 bits per heavy atom. The summed E-state index contributed by atoms with van der Waals surface area (Å²) in [6.07, 6.45) is 1.99. The van der Waals surface area contributed by atoms with Crippen LogP contribution in [-0.2, 0) is 22.7 Å². The number of fused-ring (bicyclic) bond motifs is 1. The molecule has 1 N–H and O–H groups in total. The van der Waals surface area contributed by atoms with Gasteiger partial charge < -0.3 is 0 Å². The lowest BCUT2D eigenvalue weighted by atomic mass is 9.84. The Labute approximate surface area is 182 Å². The van der Waals surface area contributed by atoms with Gasteiger partial charge in [-0.05, 0) is 42.5 Å². The van der Waals surface area contributed by atoms with Crippen LogP contribution in [0.5, 0.6) is 0 Å². The largest absolute Gasteiger partial charge is 0.417 e. The molecule has 0 spiro atoms. The molecule has 11 heteroatoms. The first-order valence-electron chi connectivity index (χ1n) is 9.85. The molecule has 0 bridgehead atoms. The van der Waals surface area contributed by atoms with E-state index in [1.165, 1.54) is 19.3 Å². The first kappa shape index (κ1) is 22.0. The van der Waals surface area contributed by atoms with Gasteiger partial charge in [-0.3, -0.25) is 4.40 Å². The van der Waals surface area contributed by atoms with E-state index in [0.29, 0.717) is 5.92 Å². The van der Waals surface area contributed by atoms with Crippen LogP contribution < -0.4 is 4.72 Å². The molecule has 1 aromatic carbocycles. The third kappa shape index (κ3) is 4.70. The number of alkyl halides is 3. The second-order valence-corrected chi connectivity index (χ2v) is 9.79. The molecular formula is C20H20ClF3N4O2S. The fourth-order valence-corrected chi connectivity index (χ4v) is 5.10. The minimum atomic E-state index is -4.61. The van der Waals surface area contributed by atoms with E-state index in [2.05, 4.69) is 14.9 Å². The zero-order valence-corrected chi connectivity index (χ0v) is 17.9. The van der Waals surface area contributed by atoms with E-state index in [1.807, 2.05) is 12.1 Å². The molecule has 0 saturated heterocycles. The van der Waals surface area contributed by atoms with E-state index in [9.17, 15) is 21.6 Å². The Kier molecular flexibility index (Phi) is 5.97. The SMILES string of the molecule is O=S(=O)(NCc1nnc2c(Cl)cc(C(F)(F)F)cn12)c1ccc(C2CCCCC2)cc1. The van der Waals surface area contributed by atoms with Crippen molar-refractivity contribution in [2.24, 2.45) is 0 Å². The molecule has 0 aliphatic heterocycles. The third-order valence-electron chi connectivity index (χ3n) is 5.55. The van der Waals surface area contributed by atoms with Gasteiger partial charge in [0.25, 0.3) is 0 Å². The van der Waals surface area contributed by atoms with Crippen molar-refractivity contribution in [3.8, 4) is 0 Å². The Balaban J connectivity index is 1.53. The van der Waals surface area contributed by atoms with Crippen molar-refractivity contribution in [1.82, 2.24) is 19.3 Å². The monoisotopic (exact) mass is 472 g/mol. The van der Waals surface area contributed by atoms with Crippen molar-refractivity contribution in [2.45, 2.75) is 55.6 Å². The van der Waals surface area contributed by atoms with Crippen LogP contribution in [0.25, 0.3) is 5.65 Å². The van der Waals surface area contributed by atoms with Crippen molar-refractivity contribution in [1.29, 1.82) is 0 Å². The molecule has 1 saturated carbocycles. The normalized spacial score (nSPS) is 16.1. The van der Waals surface area contributed by atoms with Crippen molar-refractivity contribution in [3.05, 3.63) is 58.5 Å². The second kappa shape index (κ2) is 8.40. The van der Waals surface area contributed by atoms with E-state index >= 15 is 0 Å². The Morgan fingerprint density at radius 2 is 1.77 bits per heavy atom. The molecule has 2 heterocycles. The summed E-state index contributed by atoms with van der Waals surface area (Å²) < 4.78 is 68.0. The van der Waals surface area contributed by atoms with Crippen molar-refractivity contribution in [3.63, 3.8) is 0 Å². The Hall–Kier alpha value is -2.17. The highest BCUT2D eigenvalue weighted by Gasteiger charge is 2.32. The zero-order chi connectivity index (χ0) is 22.2. The molecule has 0 unspecified atom stereocenters. The number of aromatic nitrogens is 3. The quantitative estimate of drug-likeness (QED) is 0.571. The third-order valence-corrected chi connectivity index (χ3v) is 7.24. The average molecular weight is 473 g/mol. The summed E-state index contributed by atoms with van der Waals surface area (Å²) in [5.74, 6) is 0.443. The van der Waals surface area contributed by atoms with Crippen LogP contribution in [0.4, 0.5) is 13.2 Å². The summed E-state index contributed by atoms with van der Waals surface area (Å²) in [5.41, 5.74) is 0.157. The fraction of sp³-hybridized carbons (Fsp3) is 0.400.